The van der Waals surface area contributed by atoms with Crippen molar-refractivity contribution in [1.29, 1.82) is 0 Å². The molecule has 0 radical (unpaired) electrons. The highest BCUT2D eigenvalue weighted by Gasteiger charge is 2.19. The lowest BCUT2D eigenvalue weighted by Crippen LogP contribution is -2.21. The smallest absolute Gasteiger partial charge is 0.303 e. The summed E-state index contributed by atoms with van der Waals surface area (Å²) < 4.78 is 13.7. The molecule has 1 aromatic carbocycles. The number of carbonyl (C=O) groups is 1. The van der Waals surface area contributed by atoms with Crippen LogP contribution in [-0.2, 0) is 11.2 Å². The third-order valence-corrected chi connectivity index (χ3v) is 2.72. The van der Waals surface area contributed by atoms with E-state index >= 15 is 0 Å². The minimum atomic E-state index is -1.39. The lowest BCUT2D eigenvalue weighted by Gasteiger charge is -2.16. The van der Waals surface area contributed by atoms with Gasteiger partial charge in [0.15, 0.2) is 0 Å². The summed E-state index contributed by atoms with van der Waals surface area (Å²) in [6.45, 7) is -0.333. The molecule has 1 rings (SSSR count). The number of halogens is 1. The molecule has 0 aromatic heterocycles. The molecule has 20 heavy (non-hydrogen) atoms. The number of aliphatic carboxylic acids is 1. The maximum absolute atomic E-state index is 13.7. The molecular weight excluding hydrogens is 269 g/mol. The number of nitrogens with zero attached hydrogens (tertiary/aromatic N) is 3. The standard InChI is InChI=1S/C12H14FN3O4/c13-9-5-8(12(20)10(17)6-15-16-14)2-1-7(9)3-4-11(18)19/h1-2,5,10,12,17,20H,3-4,6H2,(H,18,19). The van der Waals surface area contributed by atoms with Gasteiger partial charge in [0.2, 0.25) is 0 Å². The molecule has 0 spiro atoms. The first-order valence-corrected chi connectivity index (χ1v) is 5.82. The largest absolute Gasteiger partial charge is 0.481 e. The van der Waals surface area contributed by atoms with E-state index in [0.29, 0.717) is 0 Å². The van der Waals surface area contributed by atoms with E-state index in [2.05, 4.69) is 10.0 Å². The molecule has 0 aliphatic carbocycles. The number of aliphatic hydroxyl groups is 2. The van der Waals surface area contributed by atoms with Crippen LogP contribution in [0.1, 0.15) is 23.7 Å². The first-order chi connectivity index (χ1) is 9.45. The number of carboxylic acids is 1. The molecule has 0 heterocycles. The molecule has 3 N–H and O–H groups in total. The normalized spacial score (nSPS) is 13.3. The molecular formula is C12H14FN3O4. The zero-order valence-electron chi connectivity index (χ0n) is 10.5. The van der Waals surface area contributed by atoms with Crippen LogP contribution in [0.5, 0.6) is 0 Å². The molecule has 2 unspecified atom stereocenters. The lowest BCUT2D eigenvalue weighted by atomic mass is 10.0. The number of aliphatic hydroxyl groups excluding tert-OH is 2. The molecule has 0 fully saturated rings. The van der Waals surface area contributed by atoms with Gasteiger partial charge in [0.05, 0.1) is 12.6 Å². The van der Waals surface area contributed by atoms with Crippen molar-refractivity contribution in [3.8, 4) is 0 Å². The van der Waals surface area contributed by atoms with Gasteiger partial charge in [-0.25, -0.2) is 4.39 Å². The summed E-state index contributed by atoms with van der Waals surface area (Å²) in [6, 6.07) is 3.78. The lowest BCUT2D eigenvalue weighted by molar-refractivity contribution is -0.136. The van der Waals surface area contributed by atoms with Crippen molar-refractivity contribution in [1.82, 2.24) is 0 Å². The number of rotatable bonds is 7. The molecule has 108 valence electrons. The van der Waals surface area contributed by atoms with Crippen molar-refractivity contribution in [2.45, 2.75) is 25.0 Å². The number of aryl methyl sites for hydroxylation is 1. The number of benzene rings is 1. The average molecular weight is 283 g/mol. The molecule has 0 aliphatic rings. The Bertz CT molecular complexity index is 531. The SMILES string of the molecule is [N-]=[N+]=NCC(O)C(O)c1ccc(CCC(=O)O)c(F)c1. The fraction of sp³-hybridized carbons (Fsp3) is 0.417. The predicted octanol–water partition coefficient (Wildman–Crippen LogP) is 1.55. The summed E-state index contributed by atoms with van der Waals surface area (Å²) in [7, 11) is 0. The van der Waals surface area contributed by atoms with E-state index in [1.54, 1.807) is 0 Å². The van der Waals surface area contributed by atoms with Crippen LogP contribution in [0.4, 0.5) is 4.39 Å². The van der Waals surface area contributed by atoms with Crippen LogP contribution >= 0.6 is 0 Å². The Morgan fingerprint density at radius 1 is 1.45 bits per heavy atom. The molecule has 0 bridgehead atoms. The topological polar surface area (TPSA) is 127 Å². The van der Waals surface area contributed by atoms with Gasteiger partial charge in [0.1, 0.15) is 11.9 Å². The molecule has 0 amide bonds. The zero-order chi connectivity index (χ0) is 15.1. The van der Waals surface area contributed by atoms with E-state index < -0.39 is 24.0 Å². The first-order valence-electron chi connectivity index (χ1n) is 5.82. The summed E-state index contributed by atoms with van der Waals surface area (Å²) in [5.74, 6) is -1.68. The fourth-order valence-electron chi connectivity index (χ4n) is 1.63. The minimum absolute atomic E-state index is 0.0405. The second-order valence-electron chi connectivity index (χ2n) is 4.17. The van der Waals surface area contributed by atoms with Gasteiger partial charge in [0, 0.05) is 11.3 Å². The van der Waals surface area contributed by atoms with Crippen LogP contribution in [0, 0.1) is 5.82 Å². The Kier molecular flexibility index (Phi) is 5.92. The van der Waals surface area contributed by atoms with E-state index in [4.69, 9.17) is 10.6 Å². The fourth-order valence-corrected chi connectivity index (χ4v) is 1.63. The monoisotopic (exact) mass is 283 g/mol. The predicted molar refractivity (Wildman–Crippen MR) is 67.3 cm³/mol. The molecule has 1 aromatic rings. The van der Waals surface area contributed by atoms with Crippen molar-refractivity contribution in [3.05, 3.63) is 45.6 Å². The molecule has 0 saturated heterocycles. The van der Waals surface area contributed by atoms with E-state index in [9.17, 15) is 19.4 Å². The van der Waals surface area contributed by atoms with Crippen molar-refractivity contribution in [2.75, 3.05) is 6.54 Å². The Hall–Kier alpha value is -2.15. The summed E-state index contributed by atoms with van der Waals surface area (Å²) >= 11 is 0. The van der Waals surface area contributed by atoms with Gasteiger partial charge in [-0.05, 0) is 29.1 Å². The van der Waals surface area contributed by atoms with E-state index in [0.717, 1.165) is 6.07 Å². The van der Waals surface area contributed by atoms with Crippen molar-refractivity contribution < 1.29 is 24.5 Å². The van der Waals surface area contributed by atoms with Gasteiger partial charge in [-0.3, -0.25) is 4.79 Å². The van der Waals surface area contributed by atoms with Crippen LogP contribution in [0.15, 0.2) is 23.3 Å². The second-order valence-corrected chi connectivity index (χ2v) is 4.17. The van der Waals surface area contributed by atoms with Gasteiger partial charge in [0.25, 0.3) is 0 Å². The Labute approximate surface area is 113 Å². The maximum atomic E-state index is 13.7. The Morgan fingerprint density at radius 3 is 2.70 bits per heavy atom. The number of hydrogen-bond acceptors (Lipinski definition) is 4. The van der Waals surface area contributed by atoms with Crippen LogP contribution < -0.4 is 0 Å². The maximum Gasteiger partial charge on any atom is 0.303 e. The highest BCUT2D eigenvalue weighted by molar-refractivity contribution is 5.67. The van der Waals surface area contributed by atoms with Crippen LogP contribution in [0.25, 0.3) is 10.4 Å². The van der Waals surface area contributed by atoms with Gasteiger partial charge in [-0.15, -0.1) is 0 Å². The summed E-state index contributed by atoms with van der Waals surface area (Å²) in [6.07, 6.45) is -2.88. The number of carboxylic acid groups (broad SMARTS) is 1. The molecule has 0 saturated carbocycles. The molecule has 8 heteroatoms. The number of azide groups is 1. The summed E-state index contributed by atoms with van der Waals surface area (Å²) in [5.41, 5.74) is 8.45. The van der Waals surface area contributed by atoms with E-state index in [1.807, 2.05) is 0 Å². The first kappa shape index (κ1) is 15.9. The van der Waals surface area contributed by atoms with Gasteiger partial charge in [-0.1, -0.05) is 17.2 Å². The average Bonchev–Trinajstić information content (AvgIpc) is 2.42. The van der Waals surface area contributed by atoms with E-state index in [-0.39, 0.29) is 30.5 Å². The number of hydrogen-bond donors (Lipinski definition) is 3. The van der Waals surface area contributed by atoms with Gasteiger partial charge >= 0.3 is 5.97 Å². The molecule has 0 aliphatic heterocycles. The van der Waals surface area contributed by atoms with Crippen LogP contribution in [0.3, 0.4) is 0 Å². The summed E-state index contributed by atoms with van der Waals surface area (Å²) in [4.78, 5) is 12.9. The third kappa shape index (κ3) is 4.51. The minimum Gasteiger partial charge on any atom is -0.481 e. The highest BCUT2D eigenvalue weighted by atomic mass is 19.1. The Balaban J connectivity index is 2.80. The molecule has 2 atom stereocenters. The quantitative estimate of drug-likeness (QED) is 0.398. The third-order valence-electron chi connectivity index (χ3n) is 2.72. The van der Waals surface area contributed by atoms with Crippen LogP contribution in [0.2, 0.25) is 0 Å². The molecule has 7 nitrogen and oxygen atoms in total. The van der Waals surface area contributed by atoms with Crippen molar-refractivity contribution in [2.24, 2.45) is 5.11 Å². The van der Waals surface area contributed by atoms with Gasteiger partial charge < -0.3 is 15.3 Å². The zero-order valence-corrected chi connectivity index (χ0v) is 10.5. The van der Waals surface area contributed by atoms with E-state index in [1.165, 1.54) is 12.1 Å². The second kappa shape index (κ2) is 7.44. The van der Waals surface area contributed by atoms with Crippen LogP contribution in [-0.4, -0.2) is 33.9 Å². The Morgan fingerprint density at radius 2 is 2.15 bits per heavy atom. The highest BCUT2D eigenvalue weighted by Crippen LogP contribution is 2.21. The van der Waals surface area contributed by atoms with Crippen molar-refractivity contribution >= 4 is 5.97 Å². The van der Waals surface area contributed by atoms with Gasteiger partial charge in [-0.2, -0.15) is 0 Å². The summed E-state index contributed by atoms with van der Waals surface area (Å²) in [5, 5.41) is 30.9. The van der Waals surface area contributed by atoms with Crippen molar-refractivity contribution in [3.63, 3.8) is 0 Å².